The van der Waals surface area contributed by atoms with Gasteiger partial charge in [-0.25, -0.2) is 14.8 Å². The second-order valence-electron chi connectivity index (χ2n) is 10.9. The molecule has 1 aromatic carbocycles. The van der Waals surface area contributed by atoms with Gasteiger partial charge in [0.15, 0.2) is 28.4 Å². The van der Waals surface area contributed by atoms with E-state index in [0.29, 0.717) is 39.4 Å². The van der Waals surface area contributed by atoms with E-state index < -0.39 is 5.91 Å². The number of alkyl carbamates (subject to hydrolysis) is 1. The molecule has 8 N–H and O–H groups in total. The van der Waals surface area contributed by atoms with E-state index in [1.807, 2.05) is 24.3 Å². The van der Waals surface area contributed by atoms with Crippen molar-refractivity contribution >= 4 is 47.2 Å². The highest BCUT2D eigenvalue weighted by molar-refractivity contribution is 6.31. The van der Waals surface area contributed by atoms with Gasteiger partial charge in [0.2, 0.25) is 0 Å². The van der Waals surface area contributed by atoms with E-state index in [4.69, 9.17) is 47.7 Å². The Labute approximate surface area is 279 Å². The van der Waals surface area contributed by atoms with Crippen molar-refractivity contribution in [2.24, 2.45) is 16.6 Å². The summed E-state index contributed by atoms with van der Waals surface area (Å²) in [6.45, 7) is 3.79. The minimum absolute atomic E-state index is 0.0626. The van der Waals surface area contributed by atoms with Gasteiger partial charge in [0.25, 0.3) is 5.91 Å². The number of rotatable bonds is 17. The maximum absolute atomic E-state index is 12.3. The fourth-order valence-electron chi connectivity index (χ4n) is 4.90. The number of benzene rings is 1. The summed E-state index contributed by atoms with van der Waals surface area (Å²) >= 11 is 5.80. The molecule has 2 amide bonds. The summed E-state index contributed by atoms with van der Waals surface area (Å²) in [4.78, 5) is 47.7. The van der Waals surface area contributed by atoms with Crippen LogP contribution in [0.3, 0.4) is 0 Å². The number of hydrogen-bond donors (Lipinski definition) is 5. The van der Waals surface area contributed by atoms with Gasteiger partial charge in [-0.2, -0.15) is 0 Å². The number of aromatic nitrogens is 2. The van der Waals surface area contributed by atoms with Gasteiger partial charge in [-0.15, -0.1) is 0 Å². The number of halogens is 1. The zero-order valence-corrected chi connectivity index (χ0v) is 27.4. The van der Waals surface area contributed by atoms with Crippen LogP contribution in [0.25, 0.3) is 0 Å². The van der Waals surface area contributed by atoms with Gasteiger partial charge < -0.3 is 41.5 Å². The standard InChI is InChI=1S/C31H45ClN8O7/c1-2-45-31(43)37-22-10-6-21(7-11-22)19-24(41)47-18-16-44-15-17-46-23-12-8-20(9-13-23)5-3-4-14-36-30(35)40-29(42)25-27(33)39-28(34)26(32)38-25/h8-9,12-13,21-22H,2-7,10-11,14-19H2,1H3,(H,37,43)(H4,33,34,39)(H3,35,36,40,42). The first-order valence-corrected chi connectivity index (χ1v) is 16.1. The van der Waals surface area contributed by atoms with Crippen LogP contribution in [0.2, 0.25) is 5.15 Å². The monoisotopic (exact) mass is 676 g/mol. The predicted octanol–water partition coefficient (Wildman–Crippen LogP) is 3.00. The Balaban J connectivity index is 1.19. The van der Waals surface area contributed by atoms with Crippen molar-refractivity contribution in [2.45, 2.75) is 64.3 Å². The summed E-state index contributed by atoms with van der Waals surface area (Å²) in [6.07, 6.45) is 5.85. The van der Waals surface area contributed by atoms with E-state index in [2.05, 4.69) is 25.6 Å². The number of esters is 1. The van der Waals surface area contributed by atoms with E-state index >= 15 is 0 Å². The summed E-state index contributed by atoms with van der Waals surface area (Å²) in [6, 6.07) is 7.91. The first-order chi connectivity index (χ1) is 22.6. The summed E-state index contributed by atoms with van der Waals surface area (Å²) < 4.78 is 21.5. The lowest BCUT2D eigenvalue weighted by Gasteiger charge is -2.28. The van der Waals surface area contributed by atoms with Crippen molar-refractivity contribution in [3.05, 3.63) is 40.7 Å². The number of aryl methyl sites for hydroxylation is 1. The summed E-state index contributed by atoms with van der Waals surface area (Å²) in [5.41, 5.74) is 17.9. The molecule has 47 heavy (non-hydrogen) atoms. The first-order valence-electron chi connectivity index (χ1n) is 15.7. The average molecular weight is 677 g/mol. The number of carbonyl (C=O) groups is 3. The third-order valence-corrected chi connectivity index (χ3v) is 7.61. The molecule has 258 valence electrons. The van der Waals surface area contributed by atoms with Crippen LogP contribution < -0.4 is 32.6 Å². The second-order valence-corrected chi connectivity index (χ2v) is 11.3. The molecule has 3 rings (SSSR count). The molecule has 1 aliphatic carbocycles. The number of guanidine groups is 1. The van der Waals surface area contributed by atoms with Crippen molar-refractivity contribution in [1.29, 1.82) is 0 Å². The van der Waals surface area contributed by atoms with Gasteiger partial charge in [0.1, 0.15) is 19.0 Å². The smallest absolute Gasteiger partial charge is 0.407 e. The zero-order valence-electron chi connectivity index (χ0n) is 26.7. The highest BCUT2D eigenvalue weighted by Gasteiger charge is 2.25. The van der Waals surface area contributed by atoms with Crippen LogP contribution in [0.4, 0.5) is 16.4 Å². The molecule has 0 radical (unpaired) electrons. The Hall–Kier alpha value is -4.37. The van der Waals surface area contributed by atoms with E-state index in [1.165, 1.54) is 0 Å². The maximum Gasteiger partial charge on any atom is 0.407 e. The minimum atomic E-state index is -0.679. The van der Waals surface area contributed by atoms with E-state index in [1.54, 1.807) is 6.92 Å². The molecule has 1 aromatic heterocycles. The third kappa shape index (κ3) is 13.9. The molecule has 1 heterocycles. The minimum Gasteiger partial charge on any atom is -0.491 e. The topological polar surface area (TPSA) is 228 Å². The molecule has 0 aliphatic heterocycles. The van der Waals surface area contributed by atoms with Crippen molar-refractivity contribution in [2.75, 3.05) is 51.0 Å². The number of anilines is 2. The lowest BCUT2D eigenvalue weighted by molar-refractivity contribution is -0.146. The predicted molar refractivity (Wildman–Crippen MR) is 177 cm³/mol. The largest absolute Gasteiger partial charge is 0.491 e. The van der Waals surface area contributed by atoms with E-state index in [9.17, 15) is 14.4 Å². The zero-order chi connectivity index (χ0) is 34.0. The molecule has 0 unspecified atom stereocenters. The third-order valence-electron chi connectivity index (χ3n) is 7.33. The first kappa shape index (κ1) is 37.1. The highest BCUT2D eigenvalue weighted by Crippen LogP contribution is 2.27. The number of nitrogen functional groups attached to an aromatic ring is 2. The second kappa shape index (κ2) is 20.0. The quantitative estimate of drug-likeness (QED) is 0.0705. The molecule has 1 saturated carbocycles. The fraction of sp³-hybridized carbons (Fsp3) is 0.548. The number of nitrogens with two attached hydrogens (primary N) is 3. The molecular weight excluding hydrogens is 632 g/mol. The lowest BCUT2D eigenvalue weighted by Crippen LogP contribution is -2.38. The fourth-order valence-corrected chi connectivity index (χ4v) is 5.02. The van der Waals surface area contributed by atoms with Crippen LogP contribution in [0.5, 0.6) is 5.75 Å². The molecule has 2 aromatic rings. The summed E-state index contributed by atoms with van der Waals surface area (Å²) in [7, 11) is 0. The molecule has 0 saturated heterocycles. The molecule has 1 fully saturated rings. The molecule has 1 aliphatic rings. The number of nitrogens with zero attached hydrogens (tertiary/aromatic N) is 3. The van der Waals surface area contributed by atoms with E-state index in [0.717, 1.165) is 56.3 Å². The van der Waals surface area contributed by atoms with Gasteiger partial charge in [-0.3, -0.25) is 19.9 Å². The van der Waals surface area contributed by atoms with Crippen molar-refractivity contribution in [3.8, 4) is 5.75 Å². The molecule has 16 heteroatoms. The molecule has 0 bridgehead atoms. The Bertz CT molecular complexity index is 1340. The van der Waals surface area contributed by atoms with Crippen LogP contribution in [0.1, 0.15) is 67.9 Å². The van der Waals surface area contributed by atoms with Crippen molar-refractivity contribution < 1.29 is 33.3 Å². The average Bonchev–Trinajstić information content (AvgIpc) is 3.03. The Morgan fingerprint density at radius 1 is 0.957 bits per heavy atom. The molecule has 0 atom stereocenters. The highest BCUT2D eigenvalue weighted by atomic mass is 35.5. The van der Waals surface area contributed by atoms with Crippen LogP contribution in [-0.2, 0) is 25.4 Å². The van der Waals surface area contributed by atoms with Crippen LogP contribution in [0, 0.1) is 5.92 Å². The Kier molecular flexibility index (Phi) is 15.8. The lowest BCUT2D eigenvalue weighted by atomic mass is 9.84. The number of unbranched alkanes of at least 4 members (excludes halogenated alkanes) is 1. The van der Waals surface area contributed by atoms with Crippen LogP contribution >= 0.6 is 11.6 Å². The van der Waals surface area contributed by atoms with Crippen molar-refractivity contribution in [1.82, 2.24) is 20.6 Å². The SMILES string of the molecule is CCOC(=O)NC1CCC(CC(=O)OCCOCCOc2ccc(CCCCN=C(N)NC(=O)c3nc(Cl)c(N)nc3N)cc2)CC1. The number of ether oxygens (including phenoxy) is 4. The molecule has 15 nitrogen and oxygen atoms in total. The van der Waals surface area contributed by atoms with Gasteiger partial charge in [0, 0.05) is 19.0 Å². The summed E-state index contributed by atoms with van der Waals surface area (Å²) in [5.74, 6) is -0.201. The normalized spacial score (nSPS) is 16.3. The van der Waals surface area contributed by atoms with E-state index in [-0.39, 0.29) is 59.1 Å². The maximum atomic E-state index is 12.3. The Morgan fingerprint density at radius 3 is 2.40 bits per heavy atom. The number of nitrogens with one attached hydrogen (secondary N) is 2. The Morgan fingerprint density at radius 2 is 1.68 bits per heavy atom. The number of carbonyl (C=O) groups excluding carboxylic acids is 3. The number of aliphatic imine (C=N–C) groups is 1. The van der Waals surface area contributed by atoms with Crippen LogP contribution in [0.15, 0.2) is 29.3 Å². The van der Waals surface area contributed by atoms with Gasteiger partial charge in [-0.05, 0) is 75.5 Å². The molecule has 0 spiro atoms. The van der Waals surface area contributed by atoms with Gasteiger partial charge in [0.05, 0.1) is 19.8 Å². The van der Waals surface area contributed by atoms with Crippen molar-refractivity contribution in [3.63, 3.8) is 0 Å². The number of amides is 2. The summed E-state index contributed by atoms with van der Waals surface area (Å²) in [5, 5.41) is 5.14. The van der Waals surface area contributed by atoms with Gasteiger partial charge in [-0.1, -0.05) is 23.7 Å². The van der Waals surface area contributed by atoms with Gasteiger partial charge >= 0.3 is 12.1 Å². The van der Waals surface area contributed by atoms with Crippen LogP contribution in [-0.4, -0.2) is 79.5 Å². The number of hydrogen-bond acceptors (Lipinski definition) is 12. The molecular formula is C31H45ClN8O7.